The van der Waals surface area contributed by atoms with E-state index in [0.717, 1.165) is 17.8 Å². The molecule has 1 saturated heterocycles. The van der Waals surface area contributed by atoms with E-state index in [9.17, 15) is 14.4 Å². The Morgan fingerprint density at radius 2 is 1.78 bits per heavy atom. The fraction of sp³-hybridized carbons (Fsp3) is 0.333. The largest absolute Gasteiger partial charge is 0.497 e. The van der Waals surface area contributed by atoms with Crippen molar-refractivity contribution in [1.29, 1.82) is 0 Å². The molecule has 1 N–H and O–H groups in total. The molecule has 0 atom stereocenters. The van der Waals surface area contributed by atoms with E-state index in [2.05, 4.69) is 10.3 Å². The highest BCUT2D eigenvalue weighted by molar-refractivity contribution is 7.10. The van der Waals surface area contributed by atoms with Gasteiger partial charge in [0.2, 0.25) is 5.91 Å². The Hall–Kier alpha value is -3.43. The number of likely N-dealkylation sites (tertiary alicyclic amines) is 1. The summed E-state index contributed by atoms with van der Waals surface area (Å²) in [5.74, 6) is 1.02. The van der Waals surface area contributed by atoms with Gasteiger partial charge < -0.3 is 19.7 Å². The van der Waals surface area contributed by atoms with Crippen LogP contribution < -0.4 is 14.8 Å². The van der Waals surface area contributed by atoms with E-state index >= 15 is 0 Å². The van der Waals surface area contributed by atoms with Gasteiger partial charge in [0, 0.05) is 48.5 Å². The van der Waals surface area contributed by atoms with E-state index in [4.69, 9.17) is 21.1 Å². The van der Waals surface area contributed by atoms with E-state index in [1.165, 1.54) is 18.4 Å². The molecule has 4 rings (SSSR count). The monoisotopic (exact) mass is 541 g/mol. The van der Waals surface area contributed by atoms with Gasteiger partial charge in [0.1, 0.15) is 17.2 Å². The number of rotatable bonds is 9. The molecule has 10 heteroatoms. The first-order chi connectivity index (χ1) is 17.9. The number of anilines is 1. The molecule has 0 spiro atoms. The maximum atomic E-state index is 12.7. The van der Waals surface area contributed by atoms with Crippen molar-refractivity contribution in [2.45, 2.75) is 31.6 Å². The number of thiazole rings is 1. The summed E-state index contributed by atoms with van der Waals surface area (Å²) in [6.45, 7) is 1.21. The molecule has 2 amide bonds. The Labute approximate surface area is 224 Å². The molecule has 0 unspecified atom stereocenters. The maximum absolute atomic E-state index is 12.7. The van der Waals surface area contributed by atoms with Crippen molar-refractivity contribution in [2.24, 2.45) is 0 Å². The second kappa shape index (κ2) is 12.2. The zero-order chi connectivity index (χ0) is 26.4. The second-order valence-electron chi connectivity index (χ2n) is 8.68. The minimum atomic E-state index is -0.308. The molecular weight excluding hydrogens is 514 g/mol. The zero-order valence-electron chi connectivity index (χ0n) is 20.7. The third-order valence-corrected chi connectivity index (χ3v) is 7.64. The fourth-order valence-corrected chi connectivity index (χ4v) is 5.42. The van der Waals surface area contributed by atoms with Gasteiger partial charge in [0.05, 0.1) is 24.2 Å². The number of ether oxygens (including phenoxy) is 2. The van der Waals surface area contributed by atoms with Gasteiger partial charge >= 0.3 is 0 Å². The number of Topliss-reactive ketones (excluding diaryl/α,β-unsaturated/α-hetero) is 1. The smallest absolute Gasteiger partial charge is 0.275 e. The van der Waals surface area contributed by atoms with Crippen LogP contribution in [0.2, 0.25) is 5.02 Å². The van der Waals surface area contributed by atoms with Gasteiger partial charge in [-0.1, -0.05) is 11.6 Å². The van der Waals surface area contributed by atoms with Crippen LogP contribution in [-0.2, 0) is 4.79 Å². The van der Waals surface area contributed by atoms with Crippen molar-refractivity contribution >= 4 is 46.2 Å². The molecule has 8 nitrogen and oxygen atoms in total. The molecule has 0 aliphatic carbocycles. The normalized spacial score (nSPS) is 13.8. The Morgan fingerprint density at radius 1 is 1.05 bits per heavy atom. The van der Waals surface area contributed by atoms with Gasteiger partial charge in [-0.3, -0.25) is 14.4 Å². The Morgan fingerprint density at radius 3 is 2.43 bits per heavy atom. The van der Waals surface area contributed by atoms with Crippen molar-refractivity contribution in [3.05, 3.63) is 69.1 Å². The Balaban J connectivity index is 1.25. The number of methoxy groups -OCH3 is 2. The highest BCUT2D eigenvalue weighted by atomic mass is 35.5. The van der Waals surface area contributed by atoms with Crippen LogP contribution in [0.3, 0.4) is 0 Å². The van der Waals surface area contributed by atoms with Crippen molar-refractivity contribution in [1.82, 2.24) is 9.88 Å². The number of carbonyl (C=O) groups excluding carboxylic acids is 3. The first-order valence-corrected chi connectivity index (χ1v) is 13.2. The van der Waals surface area contributed by atoms with Crippen LogP contribution in [0.4, 0.5) is 5.69 Å². The first-order valence-electron chi connectivity index (χ1n) is 11.9. The number of aromatic nitrogens is 1. The topological polar surface area (TPSA) is 97.8 Å². The minimum absolute atomic E-state index is 0.0160. The standard InChI is InChI=1S/C27H28ClN3O5S/c1-35-20-6-3-17(4-7-20)23(32)8-10-25(33)31-13-11-18(12-14-31)27-30-22(16-37-27)26(34)29-19-5-9-24(36-2)21(28)15-19/h3-7,9,15-16,18H,8,10-14H2,1-2H3,(H,29,34). The van der Waals surface area contributed by atoms with Crippen molar-refractivity contribution in [2.75, 3.05) is 32.6 Å². The number of ketones is 1. The van der Waals surface area contributed by atoms with Gasteiger partial charge in [0.15, 0.2) is 5.78 Å². The van der Waals surface area contributed by atoms with E-state index in [1.54, 1.807) is 55.0 Å². The van der Waals surface area contributed by atoms with Gasteiger partial charge in [-0.25, -0.2) is 4.98 Å². The molecule has 37 heavy (non-hydrogen) atoms. The zero-order valence-corrected chi connectivity index (χ0v) is 22.2. The molecule has 1 aliphatic heterocycles. The summed E-state index contributed by atoms with van der Waals surface area (Å²) in [4.78, 5) is 44.1. The highest BCUT2D eigenvalue weighted by Gasteiger charge is 2.26. The Bertz CT molecular complexity index is 1270. The number of piperidine rings is 1. The number of nitrogens with zero attached hydrogens (tertiary/aromatic N) is 2. The van der Waals surface area contributed by atoms with E-state index < -0.39 is 0 Å². The first kappa shape index (κ1) is 26.6. The third-order valence-electron chi connectivity index (χ3n) is 6.34. The molecule has 1 fully saturated rings. The summed E-state index contributed by atoms with van der Waals surface area (Å²) in [7, 11) is 3.10. The van der Waals surface area contributed by atoms with Gasteiger partial charge in [-0.2, -0.15) is 0 Å². The van der Waals surface area contributed by atoms with Crippen molar-refractivity contribution < 1.29 is 23.9 Å². The van der Waals surface area contributed by atoms with Crippen LogP contribution in [0.15, 0.2) is 47.8 Å². The summed E-state index contributed by atoms with van der Waals surface area (Å²) in [5.41, 5.74) is 1.48. The van der Waals surface area contributed by atoms with E-state index in [0.29, 0.717) is 46.6 Å². The summed E-state index contributed by atoms with van der Waals surface area (Å²) >= 11 is 7.59. The quantitative estimate of drug-likeness (QED) is 0.362. The van der Waals surface area contributed by atoms with Crippen LogP contribution in [0.1, 0.15) is 57.5 Å². The molecule has 0 radical (unpaired) electrons. The lowest BCUT2D eigenvalue weighted by atomic mass is 9.97. The van der Waals surface area contributed by atoms with Crippen LogP contribution >= 0.6 is 22.9 Å². The van der Waals surface area contributed by atoms with E-state index in [1.807, 2.05) is 4.90 Å². The lowest BCUT2D eigenvalue weighted by Gasteiger charge is -2.31. The number of amides is 2. The summed E-state index contributed by atoms with van der Waals surface area (Å²) in [6.07, 6.45) is 1.89. The molecule has 2 heterocycles. The molecule has 194 valence electrons. The third kappa shape index (κ3) is 6.67. The van der Waals surface area contributed by atoms with Crippen LogP contribution in [0.5, 0.6) is 11.5 Å². The van der Waals surface area contributed by atoms with Crippen LogP contribution in [0, 0.1) is 0 Å². The number of carbonyl (C=O) groups is 3. The fourth-order valence-electron chi connectivity index (χ4n) is 4.19. The number of nitrogens with one attached hydrogen (secondary N) is 1. The summed E-state index contributed by atoms with van der Waals surface area (Å²) in [5, 5.41) is 5.85. The molecule has 1 aliphatic rings. The molecule has 3 aromatic rings. The average molecular weight is 542 g/mol. The number of halogens is 1. The van der Waals surface area contributed by atoms with Gasteiger partial charge in [-0.05, 0) is 55.3 Å². The number of hydrogen-bond acceptors (Lipinski definition) is 7. The summed E-state index contributed by atoms with van der Waals surface area (Å²) < 4.78 is 10.2. The average Bonchev–Trinajstić information content (AvgIpc) is 3.42. The van der Waals surface area contributed by atoms with Crippen molar-refractivity contribution in [3.63, 3.8) is 0 Å². The predicted octanol–water partition coefficient (Wildman–Crippen LogP) is 5.44. The molecular formula is C27H28ClN3O5S. The Kier molecular flexibility index (Phi) is 8.78. The molecule has 1 aromatic heterocycles. The number of hydrogen-bond donors (Lipinski definition) is 1. The van der Waals surface area contributed by atoms with Crippen LogP contribution in [-0.4, -0.2) is 54.8 Å². The molecule has 0 saturated carbocycles. The molecule has 0 bridgehead atoms. The SMILES string of the molecule is COc1ccc(C(=O)CCC(=O)N2CCC(c3nc(C(=O)Nc4ccc(OC)c(Cl)c4)cs3)CC2)cc1. The summed E-state index contributed by atoms with van der Waals surface area (Å²) in [6, 6.07) is 11.9. The second-order valence-corrected chi connectivity index (χ2v) is 9.98. The lowest BCUT2D eigenvalue weighted by Crippen LogP contribution is -2.38. The highest BCUT2D eigenvalue weighted by Crippen LogP contribution is 2.31. The minimum Gasteiger partial charge on any atom is -0.497 e. The van der Waals surface area contributed by atoms with Gasteiger partial charge in [0.25, 0.3) is 5.91 Å². The van der Waals surface area contributed by atoms with Crippen molar-refractivity contribution in [3.8, 4) is 11.5 Å². The van der Waals surface area contributed by atoms with E-state index in [-0.39, 0.29) is 36.4 Å². The number of benzene rings is 2. The van der Waals surface area contributed by atoms with Gasteiger partial charge in [-0.15, -0.1) is 11.3 Å². The lowest BCUT2D eigenvalue weighted by molar-refractivity contribution is -0.132. The van der Waals surface area contributed by atoms with Crippen LogP contribution in [0.25, 0.3) is 0 Å². The molecule has 2 aromatic carbocycles. The predicted molar refractivity (Wildman–Crippen MR) is 143 cm³/mol. The maximum Gasteiger partial charge on any atom is 0.275 e.